The molecule has 1 amide bonds. The first kappa shape index (κ1) is 17.4. The maximum absolute atomic E-state index is 12.3. The predicted octanol–water partition coefficient (Wildman–Crippen LogP) is 3.13. The summed E-state index contributed by atoms with van der Waals surface area (Å²) in [6, 6.07) is 16.7. The highest BCUT2D eigenvalue weighted by molar-refractivity contribution is 6.01. The van der Waals surface area contributed by atoms with Gasteiger partial charge in [-0.25, -0.2) is 4.68 Å². The Morgan fingerprint density at radius 3 is 2.35 bits per heavy atom. The van der Waals surface area contributed by atoms with Crippen molar-refractivity contribution in [2.45, 2.75) is 13.8 Å². The van der Waals surface area contributed by atoms with Gasteiger partial charge in [0.25, 0.3) is 5.91 Å². The summed E-state index contributed by atoms with van der Waals surface area (Å²) in [5, 5.41) is 7.19. The normalized spacial score (nSPS) is 10.4. The largest absolute Gasteiger partial charge is 0.422 e. The van der Waals surface area contributed by atoms with Crippen LogP contribution in [0.5, 0.6) is 5.75 Å². The van der Waals surface area contributed by atoms with Crippen molar-refractivity contribution in [1.29, 1.82) is 0 Å². The number of nitrogens with one attached hydrogen (secondary N) is 1. The van der Waals surface area contributed by atoms with Crippen LogP contribution in [0.25, 0.3) is 16.9 Å². The first-order valence-corrected chi connectivity index (χ1v) is 8.18. The summed E-state index contributed by atoms with van der Waals surface area (Å²) in [4.78, 5) is 24.0. The van der Waals surface area contributed by atoms with Gasteiger partial charge in [0, 0.05) is 25.1 Å². The summed E-state index contributed by atoms with van der Waals surface area (Å²) in [5.74, 6) is -0.329. The molecule has 0 bridgehead atoms. The van der Waals surface area contributed by atoms with Crippen molar-refractivity contribution in [1.82, 2.24) is 15.1 Å². The summed E-state index contributed by atoms with van der Waals surface area (Å²) in [6.07, 6.45) is 0. The van der Waals surface area contributed by atoms with Crippen LogP contribution in [-0.2, 0) is 4.79 Å². The molecular weight excluding hydrogens is 330 g/mol. The molecule has 1 aromatic heterocycles. The van der Waals surface area contributed by atoms with E-state index in [0.717, 1.165) is 5.69 Å². The van der Waals surface area contributed by atoms with Crippen molar-refractivity contribution in [2.75, 3.05) is 7.05 Å². The standard InChI is InChI=1S/C20H19N3O3/c1-13-19(26-14(2)24)18(23(22-13)15-9-5-4-6-10-15)16-11-7-8-12-17(16)20(25)21-3/h4-12H,1-3H3,(H,21,25). The van der Waals surface area contributed by atoms with Crippen LogP contribution in [0.2, 0.25) is 0 Å². The van der Waals surface area contributed by atoms with Crippen molar-refractivity contribution in [3.8, 4) is 22.7 Å². The SMILES string of the molecule is CNC(=O)c1ccccc1-c1c(OC(C)=O)c(C)nn1-c1ccccc1. The highest BCUT2D eigenvalue weighted by Gasteiger charge is 2.24. The molecule has 1 N–H and O–H groups in total. The Kier molecular flexibility index (Phi) is 4.84. The molecule has 0 aliphatic rings. The monoisotopic (exact) mass is 349 g/mol. The third-order valence-electron chi connectivity index (χ3n) is 3.91. The smallest absolute Gasteiger partial charge is 0.308 e. The molecule has 0 spiro atoms. The molecule has 0 aliphatic heterocycles. The number of carbonyl (C=O) groups excluding carboxylic acids is 2. The molecule has 3 aromatic rings. The number of aromatic nitrogens is 2. The summed E-state index contributed by atoms with van der Waals surface area (Å²) in [6.45, 7) is 3.11. The zero-order valence-electron chi connectivity index (χ0n) is 14.8. The third-order valence-corrected chi connectivity index (χ3v) is 3.91. The zero-order chi connectivity index (χ0) is 18.7. The fourth-order valence-electron chi connectivity index (χ4n) is 2.79. The molecule has 0 unspecified atom stereocenters. The van der Waals surface area contributed by atoms with Gasteiger partial charge in [-0.2, -0.15) is 5.10 Å². The number of carbonyl (C=O) groups is 2. The minimum atomic E-state index is -0.445. The molecule has 3 rings (SSSR count). The van der Waals surface area contributed by atoms with Gasteiger partial charge in [-0.3, -0.25) is 9.59 Å². The van der Waals surface area contributed by atoms with Crippen LogP contribution in [0, 0.1) is 6.92 Å². The van der Waals surface area contributed by atoms with Crippen molar-refractivity contribution in [2.24, 2.45) is 0 Å². The van der Waals surface area contributed by atoms with Gasteiger partial charge in [0.05, 0.1) is 5.69 Å². The van der Waals surface area contributed by atoms with E-state index in [1.807, 2.05) is 42.5 Å². The summed E-state index contributed by atoms with van der Waals surface area (Å²) in [5.41, 5.74) is 3.03. The van der Waals surface area contributed by atoms with Gasteiger partial charge in [0.15, 0.2) is 5.75 Å². The maximum atomic E-state index is 12.3. The van der Waals surface area contributed by atoms with E-state index in [9.17, 15) is 9.59 Å². The van der Waals surface area contributed by atoms with E-state index >= 15 is 0 Å². The van der Waals surface area contributed by atoms with Crippen molar-refractivity contribution >= 4 is 11.9 Å². The minimum Gasteiger partial charge on any atom is -0.422 e. The van der Waals surface area contributed by atoms with E-state index in [1.54, 1.807) is 30.8 Å². The molecule has 132 valence electrons. The number of para-hydroxylation sites is 1. The Morgan fingerprint density at radius 1 is 1.04 bits per heavy atom. The Bertz CT molecular complexity index is 962. The molecule has 6 heteroatoms. The van der Waals surface area contributed by atoms with E-state index in [1.165, 1.54) is 6.92 Å². The van der Waals surface area contributed by atoms with Gasteiger partial charge in [-0.1, -0.05) is 36.4 Å². The molecule has 2 aromatic carbocycles. The number of nitrogens with zero attached hydrogens (tertiary/aromatic N) is 2. The number of amides is 1. The fourth-order valence-corrected chi connectivity index (χ4v) is 2.79. The molecule has 0 saturated carbocycles. The van der Waals surface area contributed by atoms with Gasteiger partial charge in [-0.15, -0.1) is 0 Å². The van der Waals surface area contributed by atoms with Crippen molar-refractivity contribution < 1.29 is 14.3 Å². The lowest BCUT2D eigenvalue weighted by molar-refractivity contribution is -0.131. The summed E-state index contributed by atoms with van der Waals surface area (Å²) < 4.78 is 7.14. The van der Waals surface area contributed by atoms with E-state index in [4.69, 9.17) is 4.74 Å². The molecule has 6 nitrogen and oxygen atoms in total. The molecule has 0 aliphatic carbocycles. The number of hydrogen-bond acceptors (Lipinski definition) is 4. The number of aryl methyl sites for hydroxylation is 1. The van der Waals surface area contributed by atoms with Crippen LogP contribution >= 0.6 is 0 Å². The number of hydrogen-bond donors (Lipinski definition) is 1. The van der Waals surface area contributed by atoms with Gasteiger partial charge in [0.2, 0.25) is 0 Å². The molecule has 0 saturated heterocycles. The Hall–Kier alpha value is -3.41. The minimum absolute atomic E-state index is 0.229. The quantitative estimate of drug-likeness (QED) is 0.735. The first-order valence-electron chi connectivity index (χ1n) is 8.18. The number of ether oxygens (including phenoxy) is 1. The zero-order valence-corrected chi connectivity index (χ0v) is 14.8. The lowest BCUT2D eigenvalue weighted by atomic mass is 10.0. The van der Waals surface area contributed by atoms with Gasteiger partial charge >= 0.3 is 5.97 Å². The van der Waals surface area contributed by atoms with E-state index < -0.39 is 5.97 Å². The topological polar surface area (TPSA) is 73.2 Å². The predicted molar refractivity (Wildman–Crippen MR) is 98.4 cm³/mol. The van der Waals surface area contributed by atoms with E-state index in [0.29, 0.717) is 28.3 Å². The molecule has 0 radical (unpaired) electrons. The molecule has 26 heavy (non-hydrogen) atoms. The fraction of sp³-hybridized carbons (Fsp3) is 0.150. The highest BCUT2D eigenvalue weighted by atomic mass is 16.5. The Morgan fingerprint density at radius 2 is 1.69 bits per heavy atom. The second-order valence-corrected chi connectivity index (χ2v) is 5.73. The Balaban J connectivity index is 2.32. The molecule has 0 fully saturated rings. The molecular formula is C20H19N3O3. The van der Waals surface area contributed by atoms with Crippen LogP contribution in [0.1, 0.15) is 23.0 Å². The lowest BCUT2D eigenvalue weighted by Crippen LogP contribution is -2.19. The second kappa shape index (κ2) is 7.23. The van der Waals surface area contributed by atoms with Crippen molar-refractivity contribution in [3.63, 3.8) is 0 Å². The number of rotatable bonds is 4. The van der Waals surface area contributed by atoms with Gasteiger partial charge in [-0.05, 0) is 25.1 Å². The second-order valence-electron chi connectivity index (χ2n) is 5.73. The first-order chi connectivity index (χ1) is 12.5. The maximum Gasteiger partial charge on any atom is 0.308 e. The van der Waals surface area contributed by atoms with Crippen LogP contribution in [0.3, 0.4) is 0 Å². The number of benzene rings is 2. The van der Waals surface area contributed by atoms with Crippen LogP contribution in [-0.4, -0.2) is 28.7 Å². The molecule has 1 heterocycles. The third kappa shape index (κ3) is 3.21. The van der Waals surface area contributed by atoms with Crippen LogP contribution < -0.4 is 10.1 Å². The van der Waals surface area contributed by atoms with Crippen LogP contribution in [0.4, 0.5) is 0 Å². The van der Waals surface area contributed by atoms with E-state index in [-0.39, 0.29) is 5.91 Å². The van der Waals surface area contributed by atoms with E-state index in [2.05, 4.69) is 10.4 Å². The number of esters is 1. The lowest BCUT2D eigenvalue weighted by Gasteiger charge is -2.13. The average Bonchev–Trinajstić information content (AvgIpc) is 2.97. The highest BCUT2D eigenvalue weighted by Crippen LogP contribution is 2.37. The van der Waals surface area contributed by atoms with Gasteiger partial charge < -0.3 is 10.1 Å². The Labute approximate surface area is 151 Å². The van der Waals surface area contributed by atoms with Crippen LogP contribution in [0.15, 0.2) is 54.6 Å². The van der Waals surface area contributed by atoms with Crippen molar-refractivity contribution in [3.05, 3.63) is 65.9 Å². The average molecular weight is 349 g/mol. The summed E-state index contributed by atoms with van der Waals surface area (Å²) >= 11 is 0. The molecule has 0 atom stereocenters. The van der Waals surface area contributed by atoms with Gasteiger partial charge in [0.1, 0.15) is 11.4 Å². The summed E-state index contributed by atoms with van der Waals surface area (Å²) in [7, 11) is 1.58.